The molecule has 0 saturated heterocycles. The topological polar surface area (TPSA) is 56.2 Å². The summed E-state index contributed by atoms with van der Waals surface area (Å²) in [4.78, 5) is 4.76. The van der Waals surface area contributed by atoms with Gasteiger partial charge in [-0.15, -0.1) is 0 Å². The molecular formula is C14H20N4. The lowest BCUT2D eigenvalue weighted by atomic mass is 9.89. The lowest BCUT2D eigenvalue weighted by molar-refractivity contribution is 0.453. The quantitative estimate of drug-likeness (QED) is 0.883. The van der Waals surface area contributed by atoms with E-state index in [2.05, 4.69) is 12.0 Å². The Hall–Kier alpha value is -1.58. The normalized spacial score (nSPS) is 18.6. The zero-order valence-corrected chi connectivity index (χ0v) is 11.1. The fourth-order valence-corrected chi connectivity index (χ4v) is 3.05. The lowest BCUT2D eigenvalue weighted by Crippen LogP contribution is -2.11. The van der Waals surface area contributed by atoms with E-state index >= 15 is 0 Å². The van der Waals surface area contributed by atoms with Crippen LogP contribution in [0.5, 0.6) is 0 Å². The number of nitrogens with two attached hydrogens (primary N) is 1. The first-order chi connectivity index (χ1) is 8.66. The third-order valence-corrected chi connectivity index (χ3v) is 4.27. The molecule has 18 heavy (non-hydrogen) atoms. The second-order valence-corrected chi connectivity index (χ2v) is 5.50. The van der Waals surface area contributed by atoms with Crippen LogP contribution in [0.25, 0.3) is 5.65 Å². The molecule has 0 radical (unpaired) electrons. The average molecular weight is 244 g/mol. The summed E-state index contributed by atoms with van der Waals surface area (Å²) in [5.74, 6) is 1.95. The van der Waals surface area contributed by atoms with Gasteiger partial charge in [-0.25, -0.2) is 4.98 Å². The van der Waals surface area contributed by atoms with Crippen molar-refractivity contribution in [1.29, 1.82) is 0 Å². The maximum atomic E-state index is 6.07. The summed E-state index contributed by atoms with van der Waals surface area (Å²) in [6.45, 7) is 4.30. The van der Waals surface area contributed by atoms with Crippen LogP contribution in [0.2, 0.25) is 0 Å². The molecule has 0 spiro atoms. The van der Waals surface area contributed by atoms with Gasteiger partial charge in [-0.05, 0) is 25.7 Å². The van der Waals surface area contributed by atoms with Crippen molar-refractivity contribution in [2.45, 2.75) is 45.4 Å². The van der Waals surface area contributed by atoms with Gasteiger partial charge in [-0.3, -0.25) is 0 Å². The van der Waals surface area contributed by atoms with Crippen LogP contribution in [0.3, 0.4) is 0 Å². The summed E-state index contributed by atoms with van der Waals surface area (Å²) in [5.41, 5.74) is 9.17. The van der Waals surface area contributed by atoms with E-state index in [-0.39, 0.29) is 0 Å². The van der Waals surface area contributed by atoms with Crippen LogP contribution in [0.4, 0.5) is 5.82 Å². The Morgan fingerprint density at radius 1 is 1.39 bits per heavy atom. The highest BCUT2D eigenvalue weighted by atomic mass is 15.3. The second kappa shape index (κ2) is 4.26. The standard InChI is InChI=1S/C14H20N4/c1-9-8-16-18-13(15)7-12(17-14(9)18)10(2)11-5-3-4-6-11/h7-8,10-11H,3-6,15H2,1-2H3/t10-/m0/s1. The highest BCUT2D eigenvalue weighted by Crippen LogP contribution is 2.36. The number of aromatic nitrogens is 3. The Balaban J connectivity index is 2.03. The number of rotatable bonds is 2. The minimum Gasteiger partial charge on any atom is -0.384 e. The molecule has 96 valence electrons. The van der Waals surface area contributed by atoms with Gasteiger partial charge >= 0.3 is 0 Å². The van der Waals surface area contributed by atoms with Crippen LogP contribution in [-0.2, 0) is 0 Å². The van der Waals surface area contributed by atoms with Crippen molar-refractivity contribution in [3.05, 3.63) is 23.5 Å². The Bertz CT molecular complexity index is 566. The van der Waals surface area contributed by atoms with E-state index in [0.29, 0.717) is 11.7 Å². The Morgan fingerprint density at radius 3 is 2.83 bits per heavy atom. The third kappa shape index (κ3) is 1.76. The SMILES string of the molecule is Cc1cnn2c(N)cc([C@@H](C)C3CCCC3)nc12. The average Bonchev–Trinajstić information content (AvgIpc) is 2.99. The predicted molar refractivity (Wildman–Crippen MR) is 72.5 cm³/mol. The number of fused-ring (bicyclic) bond motifs is 1. The summed E-state index contributed by atoms with van der Waals surface area (Å²) >= 11 is 0. The number of hydrogen-bond donors (Lipinski definition) is 1. The molecule has 3 rings (SSSR count). The van der Waals surface area contributed by atoms with Gasteiger partial charge in [-0.2, -0.15) is 9.61 Å². The molecule has 0 amide bonds. The lowest BCUT2D eigenvalue weighted by Gasteiger charge is -2.18. The van der Waals surface area contributed by atoms with E-state index in [1.807, 2.05) is 19.2 Å². The molecule has 1 saturated carbocycles. The van der Waals surface area contributed by atoms with Crippen LogP contribution in [0.1, 0.15) is 49.8 Å². The molecule has 0 aromatic carbocycles. The minimum atomic E-state index is 0.495. The van der Waals surface area contributed by atoms with Gasteiger partial charge in [0.1, 0.15) is 5.82 Å². The monoisotopic (exact) mass is 244 g/mol. The number of nitrogen functional groups attached to an aromatic ring is 1. The molecule has 1 fully saturated rings. The van der Waals surface area contributed by atoms with Gasteiger partial charge in [0.05, 0.1) is 6.20 Å². The molecule has 4 heteroatoms. The van der Waals surface area contributed by atoms with Crippen molar-refractivity contribution in [3.8, 4) is 0 Å². The zero-order chi connectivity index (χ0) is 12.7. The summed E-state index contributed by atoms with van der Waals surface area (Å²) in [6.07, 6.45) is 7.19. The number of nitrogens with zero attached hydrogens (tertiary/aromatic N) is 3. The molecule has 2 N–H and O–H groups in total. The number of hydrogen-bond acceptors (Lipinski definition) is 3. The Morgan fingerprint density at radius 2 is 2.11 bits per heavy atom. The minimum absolute atomic E-state index is 0.495. The van der Waals surface area contributed by atoms with Crippen molar-refractivity contribution < 1.29 is 0 Å². The first-order valence-corrected chi connectivity index (χ1v) is 6.77. The van der Waals surface area contributed by atoms with Gasteiger partial charge in [0, 0.05) is 23.2 Å². The Kier molecular flexibility index (Phi) is 2.73. The van der Waals surface area contributed by atoms with Crippen molar-refractivity contribution >= 4 is 11.5 Å². The van der Waals surface area contributed by atoms with E-state index in [1.165, 1.54) is 25.7 Å². The zero-order valence-electron chi connectivity index (χ0n) is 11.1. The van der Waals surface area contributed by atoms with Crippen molar-refractivity contribution in [3.63, 3.8) is 0 Å². The van der Waals surface area contributed by atoms with Gasteiger partial charge in [0.25, 0.3) is 0 Å². The van der Waals surface area contributed by atoms with Crippen LogP contribution < -0.4 is 5.73 Å². The number of aryl methyl sites for hydroxylation is 1. The van der Waals surface area contributed by atoms with Crippen molar-refractivity contribution in [2.75, 3.05) is 5.73 Å². The van der Waals surface area contributed by atoms with E-state index in [4.69, 9.17) is 10.7 Å². The molecule has 2 heterocycles. The Labute approximate surface area is 107 Å². The first-order valence-electron chi connectivity index (χ1n) is 6.77. The van der Waals surface area contributed by atoms with Gasteiger partial charge in [-0.1, -0.05) is 19.8 Å². The van der Waals surface area contributed by atoms with Gasteiger partial charge in [0.2, 0.25) is 0 Å². The molecule has 4 nitrogen and oxygen atoms in total. The number of anilines is 1. The maximum Gasteiger partial charge on any atom is 0.160 e. The molecule has 1 aliphatic rings. The van der Waals surface area contributed by atoms with Crippen molar-refractivity contribution in [2.24, 2.45) is 5.92 Å². The fraction of sp³-hybridized carbons (Fsp3) is 0.571. The molecule has 1 atom stereocenters. The third-order valence-electron chi connectivity index (χ3n) is 4.27. The second-order valence-electron chi connectivity index (χ2n) is 5.50. The summed E-state index contributed by atoms with van der Waals surface area (Å²) in [6, 6.07) is 1.99. The molecule has 2 aromatic rings. The molecule has 1 aliphatic carbocycles. The van der Waals surface area contributed by atoms with Gasteiger partial charge in [0.15, 0.2) is 5.65 Å². The van der Waals surface area contributed by atoms with Crippen LogP contribution >= 0.6 is 0 Å². The molecule has 0 bridgehead atoms. The highest BCUT2D eigenvalue weighted by Gasteiger charge is 2.24. The summed E-state index contributed by atoms with van der Waals surface area (Å²) < 4.78 is 1.72. The first kappa shape index (κ1) is 11.5. The largest absolute Gasteiger partial charge is 0.384 e. The van der Waals surface area contributed by atoms with Crippen LogP contribution in [0.15, 0.2) is 12.3 Å². The van der Waals surface area contributed by atoms with Gasteiger partial charge < -0.3 is 5.73 Å². The van der Waals surface area contributed by atoms with E-state index in [9.17, 15) is 0 Å². The van der Waals surface area contributed by atoms with E-state index in [1.54, 1.807) is 4.52 Å². The molecular weight excluding hydrogens is 224 g/mol. The van der Waals surface area contributed by atoms with Crippen LogP contribution in [0, 0.1) is 12.8 Å². The molecule has 0 aliphatic heterocycles. The van der Waals surface area contributed by atoms with E-state index < -0.39 is 0 Å². The van der Waals surface area contributed by atoms with Crippen molar-refractivity contribution in [1.82, 2.24) is 14.6 Å². The van der Waals surface area contributed by atoms with Crippen LogP contribution in [-0.4, -0.2) is 14.6 Å². The predicted octanol–water partition coefficient (Wildman–Crippen LogP) is 2.91. The summed E-state index contributed by atoms with van der Waals surface area (Å²) in [5, 5.41) is 4.24. The highest BCUT2D eigenvalue weighted by molar-refractivity contribution is 5.52. The molecule has 2 aromatic heterocycles. The smallest absolute Gasteiger partial charge is 0.160 e. The summed E-state index contributed by atoms with van der Waals surface area (Å²) in [7, 11) is 0. The fourth-order valence-electron chi connectivity index (χ4n) is 3.05. The van der Waals surface area contributed by atoms with E-state index in [0.717, 1.165) is 22.8 Å². The maximum absolute atomic E-state index is 6.07. The molecule has 0 unspecified atom stereocenters.